The van der Waals surface area contributed by atoms with Gasteiger partial charge in [0, 0.05) is 21.1 Å². The molecule has 2 rings (SSSR count). The molecular weight excluding hydrogens is 232 g/mol. The summed E-state index contributed by atoms with van der Waals surface area (Å²) < 4.78 is 5.56. The van der Waals surface area contributed by atoms with Gasteiger partial charge < -0.3 is 20.0 Å². The SMILES string of the molecule is CN(C)C(=O)CN(C)c1nc2c(N)cccc2o1. The zero-order valence-corrected chi connectivity index (χ0v) is 10.7. The molecule has 1 amide bonds. The van der Waals surface area contributed by atoms with E-state index in [0.717, 1.165) is 0 Å². The number of amides is 1. The number of hydrogen-bond acceptors (Lipinski definition) is 5. The molecule has 0 radical (unpaired) electrons. The smallest absolute Gasteiger partial charge is 0.298 e. The van der Waals surface area contributed by atoms with Gasteiger partial charge in [-0.15, -0.1) is 0 Å². The summed E-state index contributed by atoms with van der Waals surface area (Å²) in [6.45, 7) is 0.208. The first kappa shape index (κ1) is 12.2. The van der Waals surface area contributed by atoms with E-state index in [9.17, 15) is 4.79 Å². The van der Waals surface area contributed by atoms with Crippen LogP contribution in [0.1, 0.15) is 0 Å². The van der Waals surface area contributed by atoms with Crippen LogP contribution in [0, 0.1) is 0 Å². The molecule has 1 heterocycles. The van der Waals surface area contributed by atoms with Gasteiger partial charge in [0.1, 0.15) is 12.1 Å². The van der Waals surface area contributed by atoms with Gasteiger partial charge in [0.25, 0.3) is 6.01 Å². The number of oxazole rings is 1. The van der Waals surface area contributed by atoms with E-state index < -0.39 is 0 Å². The second kappa shape index (κ2) is 4.56. The predicted octanol–water partition coefficient (Wildman–Crippen LogP) is 0.934. The lowest BCUT2D eigenvalue weighted by molar-refractivity contribution is -0.127. The zero-order valence-electron chi connectivity index (χ0n) is 10.7. The molecule has 96 valence electrons. The molecule has 0 bridgehead atoms. The Kier molecular flexibility index (Phi) is 3.10. The van der Waals surface area contributed by atoms with E-state index in [1.165, 1.54) is 4.90 Å². The first-order valence-electron chi connectivity index (χ1n) is 5.55. The lowest BCUT2D eigenvalue weighted by Gasteiger charge is -2.16. The fourth-order valence-corrected chi connectivity index (χ4v) is 1.53. The second-order valence-corrected chi connectivity index (χ2v) is 4.33. The Morgan fingerprint density at radius 2 is 2.11 bits per heavy atom. The minimum absolute atomic E-state index is 0.0206. The van der Waals surface area contributed by atoms with E-state index in [1.54, 1.807) is 44.2 Å². The third kappa shape index (κ3) is 2.22. The van der Waals surface area contributed by atoms with Gasteiger partial charge in [0.05, 0.1) is 5.69 Å². The van der Waals surface area contributed by atoms with Crippen molar-refractivity contribution in [2.45, 2.75) is 0 Å². The number of fused-ring (bicyclic) bond motifs is 1. The fraction of sp³-hybridized carbons (Fsp3) is 0.333. The fourth-order valence-electron chi connectivity index (χ4n) is 1.53. The molecule has 0 saturated carbocycles. The molecule has 0 unspecified atom stereocenters. The number of nitrogens with two attached hydrogens (primary N) is 1. The van der Waals surface area contributed by atoms with Crippen LogP contribution >= 0.6 is 0 Å². The topological polar surface area (TPSA) is 75.6 Å². The van der Waals surface area contributed by atoms with Gasteiger partial charge in [-0.2, -0.15) is 4.98 Å². The standard InChI is InChI=1S/C12H16N4O2/c1-15(2)10(17)7-16(3)12-14-11-8(13)5-4-6-9(11)18-12/h4-6H,7,13H2,1-3H3. The number of carbonyl (C=O) groups is 1. The van der Waals surface area contributed by atoms with Crippen molar-refractivity contribution in [1.82, 2.24) is 9.88 Å². The number of hydrogen-bond donors (Lipinski definition) is 1. The first-order chi connectivity index (χ1) is 8.49. The molecule has 0 aliphatic rings. The van der Waals surface area contributed by atoms with E-state index in [2.05, 4.69) is 4.98 Å². The minimum atomic E-state index is -0.0206. The van der Waals surface area contributed by atoms with Crippen molar-refractivity contribution in [2.24, 2.45) is 0 Å². The highest BCUT2D eigenvalue weighted by Crippen LogP contribution is 2.25. The molecule has 0 atom stereocenters. The lowest BCUT2D eigenvalue weighted by Crippen LogP contribution is -2.34. The highest BCUT2D eigenvalue weighted by molar-refractivity contribution is 5.87. The highest BCUT2D eigenvalue weighted by Gasteiger charge is 2.15. The number of para-hydroxylation sites is 1. The molecule has 1 aromatic carbocycles. The van der Waals surface area contributed by atoms with Crippen LogP contribution < -0.4 is 10.6 Å². The summed E-state index contributed by atoms with van der Waals surface area (Å²) in [4.78, 5) is 19.1. The molecular formula is C12H16N4O2. The Labute approximate surface area is 105 Å². The van der Waals surface area contributed by atoms with Crippen LogP contribution in [0.3, 0.4) is 0 Å². The largest absolute Gasteiger partial charge is 0.423 e. The Balaban J connectivity index is 2.26. The van der Waals surface area contributed by atoms with Crippen molar-refractivity contribution < 1.29 is 9.21 Å². The number of likely N-dealkylation sites (N-methyl/N-ethyl adjacent to an activating group) is 2. The molecule has 2 aromatic rings. The van der Waals surface area contributed by atoms with Gasteiger partial charge in [0.15, 0.2) is 5.58 Å². The normalized spacial score (nSPS) is 10.6. The van der Waals surface area contributed by atoms with Crippen molar-refractivity contribution in [3.8, 4) is 0 Å². The van der Waals surface area contributed by atoms with Crippen LogP contribution in [0.2, 0.25) is 0 Å². The van der Waals surface area contributed by atoms with Crippen molar-refractivity contribution in [3.63, 3.8) is 0 Å². The molecule has 0 spiro atoms. The van der Waals surface area contributed by atoms with E-state index >= 15 is 0 Å². The highest BCUT2D eigenvalue weighted by atomic mass is 16.4. The summed E-state index contributed by atoms with van der Waals surface area (Å²) in [5.41, 5.74) is 7.61. The number of carbonyl (C=O) groups excluding carboxylic acids is 1. The van der Waals surface area contributed by atoms with Gasteiger partial charge in [-0.3, -0.25) is 4.79 Å². The third-order valence-electron chi connectivity index (χ3n) is 2.64. The quantitative estimate of drug-likeness (QED) is 0.818. The van der Waals surface area contributed by atoms with Gasteiger partial charge in [0.2, 0.25) is 5.91 Å². The molecule has 0 saturated heterocycles. The summed E-state index contributed by atoms with van der Waals surface area (Å²) in [6, 6.07) is 5.75. The van der Waals surface area contributed by atoms with Crippen molar-refractivity contribution in [3.05, 3.63) is 18.2 Å². The van der Waals surface area contributed by atoms with Gasteiger partial charge in [-0.25, -0.2) is 0 Å². The van der Waals surface area contributed by atoms with Crippen LogP contribution in [0.4, 0.5) is 11.7 Å². The maximum atomic E-state index is 11.6. The molecule has 1 aromatic heterocycles. The van der Waals surface area contributed by atoms with Gasteiger partial charge in [-0.1, -0.05) is 6.07 Å². The second-order valence-electron chi connectivity index (χ2n) is 4.33. The zero-order chi connectivity index (χ0) is 13.3. The summed E-state index contributed by atoms with van der Waals surface area (Å²) >= 11 is 0. The molecule has 0 aliphatic heterocycles. The Morgan fingerprint density at radius 3 is 2.72 bits per heavy atom. The Bertz CT molecular complexity index is 576. The van der Waals surface area contributed by atoms with Crippen LogP contribution in [-0.2, 0) is 4.79 Å². The third-order valence-corrected chi connectivity index (χ3v) is 2.64. The van der Waals surface area contributed by atoms with E-state index in [-0.39, 0.29) is 12.5 Å². The molecule has 2 N–H and O–H groups in total. The van der Waals surface area contributed by atoms with Crippen LogP contribution in [0.15, 0.2) is 22.6 Å². The average molecular weight is 248 g/mol. The van der Waals surface area contributed by atoms with Crippen molar-refractivity contribution in [1.29, 1.82) is 0 Å². The molecule has 0 fully saturated rings. The number of rotatable bonds is 3. The Hall–Kier alpha value is -2.24. The van der Waals surface area contributed by atoms with E-state index in [1.807, 2.05) is 0 Å². The number of nitrogens with zero attached hydrogens (tertiary/aromatic N) is 3. The average Bonchev–Trinajstić information content (AvgIpc) is 2.74. The predicted molar refractivity (Wildman–Crippen MR) is 70.4 cm³/mol. The van der Waals surface area contributed by atoms with Crippen LogP contribution in [0.25, 0.3) is 11.1 Å². The van der Waals surface area contributed by atoms with Gasteiger partial charge in [-0.05, 0) is 12.1 Å². The number of nitrogen functional groups attached to an aromatic ring is 1. The number of aromatic nitrogens is 1. The summed E-state index contributed by atoms with van der Waals surface area (Å²) in [5, 5.41) is 0. The van der Waals surface area contributed by atoms with E-state index in [4.69, 9.17) is 10.2 Å². The maximum Gasteiger partial charge on any atom is 0.298 e. The molecule has 0 aliphatic carbocycles. The molecule has 6 nitrogen and oxygen atoms in total. The van der Waals surface area contributed by atoms with Crippen LogP contribution in [0.5, 0.6) is 0 Å². The molecule has 18 heavy (non-hydrogen) atoms. The van der Waals surface area contributed by atoms with Gasteiger partial charge >= 0.3 is 0 Å². The Morgan fingerprint density at radius 1 is 1.39 bits per heavy atom. The van der Waals surface area contributed by atoms with Crippen LogP contribution in [-0.4, -0.2) is 43.5 Å². The maximum absolute atomic E-state index is 11.6. The monoisotopic (exact) mass is 248 g/mol. The number of anilines is 2. The summed E-state index contributed by atoms with van der Waals surface area (Å²) in [6.07, 6.45) is 0. The molecule has 6 heteroatoms. The van der Waals surface area contributed by atoms with Crippen molar-refractivity contribution in [2.75, 3.05) is 38.3 Å². The minimum Gasteiger partial charge on any atom is -0.423 e. The number of benzene rings is 1. The summed E-state index contributed by atoms with van der Waals surface area (Å²) in [7, 11) is 5.17. The summed E-state index contributed by atoms with van der Waals surface area (Å²) in [5.74, 6) is -0.0206. The van der Waals surface area contributed by atoms with Crippen molar-refractivity contribution >= 4 is 28.7 Å². The first-order valence-corrected chi connectivity index (χ1v) is 5.55. The van der Waals surface area contributed by atoms with E-state index in [0.29, 0.717) is 22.8 Å². The lowest BCUT2D eigenvalue weighted by atomic mass is 10.3.